The van der Waals surface area contributed by atoms with Crippen LogP contribution in [-0.2, 0) is 0 Å². The van der Waals surface area contributed by atoms with Gasteiger partial charge in [-0.2, -0.15) is 5.26 Å². The molecule has 1 fully saturated rings. The Labute approximate surface area is 110 Å². The topological polar surface area (TPSA) is 112 Å². The van der Waals surface area contributed by atoms with Crippen molar-refractivity contribution in [1.29, 1.82) is 5.26 Å². The monoisotopic (exact) mass is 262 g/mol. The Morgan fingerprint density at radius 3 is 2.95 bits per heavy atom. The number of nitriles is 1. The molecule has 2 atom stereocenters. The molecule has 100 valence electrons. The van der Waals surface area contributed by atoms with E-state index >= 15 is 0 Å². The highest BCUT2D eigenvalue weighted by Gasteiger charge is 2.25. The predicted molar refractivity (Wildman–Crippen MR) is 67.4 cm³/mol. The van der Waals surface area contributed by atoms with Gasteiger partial charge in [0.2, 0.25) is 5.69 Å². The minimum atomic E-state index is -0.629. The molecule has 2 N–H and O–H groups in total. The number of aliphatic hydroxyl groups excluding tert-OH is 1. The summed E-state index contributed by atoms with van der Waals surface area (Å²) in [5.41, 5.74) is -0.504. The number of hydrogen-bond acceptors (Lipinski definition) is 6. The Balaban J connectivity index is 2.05. The summed E-state index contributed by atoms with van der Waals surface area (Å²) in [6.07, 6.45) is 2.46. The summed E-state index contributed by atoms with van der Waals surface area (Å²) in [7, 11) is 0. The summed E-state index contributed by atoms with van der Waals surface area (Å²) < 4.78 is 0. The first-order valence-corrected chi connectivity index (χ1v) is 6.09. The molecule has 1 aromatic rings. The molecule has 2 rings (SSSR count). The van der Waals surface area contributed by atoms with Crippen LogP contribution in [0.3, 0.4) is 0 Å². The van der Waals surface area contributed by atoms with Crippen LogP contribution in [0.5, 0.6) is 0 Å². The molecule has 7 heteroatoms. The van der Waals surface area contributed by atoms with Gasteiger partial charge in [0, 0.05) is 18.5 Å². The van der Waals surface area contributed by atoms with E-state index < -0.39 is 4.92 Å². The number of aliphatic hydroxyl groups is 1. The zero-order chi connectivity index (χ0) is 13.8. The number of nitrogens with zero attached hydrogens (tertiary/aromatic N) is 3. The summed E-state index contributed by atoms with van der Waals surface area (Å²) in [5, 5.41) is 32.2. The summed E-state index contributed by atoms with van der Waals surface area (Å²) in [4.78, 5) is 13.9. The molecule has 0 spiro atoms. The maximum Gasteiger partial charge on any atom is 0.305 e. The molecule has 1 aliphatic carbocycles. The second kappa shape index (κ2) is 5.63. The standard InChI is InChI=1S/C12H14N4O3/c13-6-9-10(16(18)19)4-5-12(15-9)14-7-8-2-1-3-11(8)17/h4-5,8,11,17H,1-3,7H2,(H,14,15). The Morgan fingerprint density at radius 1 is 1.58 bits per heavy atom. The van der Waals surface area contributed by atoms with Crippen molar-refractivity contribution in [3.63, 3.8) is 0 Å². The lowest BCUT2D eigenvalue weighted by Crippen LogP contribution is -2.22. The smallest absolute Gasteiger partial charge is 0.305 e. The maximum absolute atomic E-state index is 10.7. The van der Waals surface area contributed by atoms with Crippen LogP contribution in [0.1, 0.15) is 25.0 Å². The second-order valence-corrected chi connectivity index (χ2v) is 4.57. The van der Waals surface area contributed by atoms with E-state index in [1.807, 2.05) is 0 Å². The molecule has 0 amide bonds. The van der Waals surface area contributed by atoms with Crippen molar-refractivity contribution in [2.45, 2.75) is 25.4 Å². The number of pyridine rings is 1. The van der Waals surface area contributed by atoms with Crippen LogP contribution in [0, 0.1) is 27.4 Å². The predicted octanol–water partition coefficient (Wildman–Crippen LogP) is 1.43. The van der Waals surface area contributed by atoms with Crippen LogP contribution in [0.2, 0.25) is 0 Å². The number of nitro groups is 1. The summed E-state index contributed by atoms with van der Waals surface area (Å²) in [5.74, 6) is 0.587. The van der Waals surface area contributed by atoms with Crippen molar-refractivity contribution < 1.29 is 10.0 Å². The van der Waals surface area contributed by atoms with Gasteiger partial charge >= 0.3 is 5.69 Å². The van der Waals surface area contributed by atoms with Crippen molar-refractivity contribution in [2.75, 3.05) is 11.9 Å². The van der Waals surface area contributed by atoms with Gasteiger partial charge in [0.15, 0.2) is 0 Å². The Kier molecular flexibility index (Phi) is 3.92. The second-order valence-electron chi connectivity index (χ2n) is 4.57. The summed E-state index contributed by atoms with van der Waals surface area (Å²) >= 11 is 0. The highest BCUT2D eigenvalue weighted by atomic mass is 16.6. The molecule has 1 aliphatic rings. The SMILES string of the molecule is N#Cc1nc(NCC2CCCC2O)ccc1[N+](=O)[O-]. The van der Waals surface area contributed by atoms with Gasteiger partial charge < -0.3 is 10.4 Å². The molecule has 0 radical (unpaired) electrons. The van der Waals surface area contributed by atoms with Gasteiger partial charge in [0.25, 0.3) is 0 Å². The lowest BCUT2D eigenvalue weighted by atomic mass is 10.1. The first-order valence-electron chi connectivity index (χ1n) is 6.09. The first-order chi connectivity index (χ1) is 9.11. The van der Waals surface area contributed by atoms with Crippen molar-refractivity contribution in [3.8, 4) is 6.07 Å². The Bertz CT molecular complexity index is 526. The molecule has 1 heterocycles. The molecule has 0 aliphatic heterocycles. The lowest BCUT2D eigenvalue weighted by molar-refractivity contribution is -0.385. The average Bonchev–Trinajstić information content (AvgIpc) is 2.81. The van der Waals surface area contributed by atoms with Crippen LogP contribution in [0.25, 0.3) is 0 Å². The molecule has 1 saturated carbocycles. The van der Waals surface area contributed by atoms with Crippen molar-refractivity contribution in [1.82, 2.24) is 4.98 Å². The zero-order valence-electron chi connectivity index (χ0n) is 10.2. The van der Waals surface area contributed by atoms with Crippen molar-refractivity contribution in [3.05, 3.63) is 27.9 Å². The van der Waals surface area contributed by atoms with E-state index in [4.69, 9.17) is 5.26 Å². The molecule has 1 aromatic heterocycles. The molecule has 2 unspecified atom stereocenters. The summed E-state index contributed by atoms with van der Waals surface area (Å²) in [6, 6.07) is 4.45. The minimum absolute atomic E-state index is 0.169. The maximum atomic E-state index is 10.7. The van der Waals surface area contributed by atoms with Crippen LogP contribution in [0.15, 0.2) is 12.1 Å². The molecule has 19 heavy (non-hydrogen) atoms. The fraction of sp³-hybridized carbons (Fsp3) is 0.500. The molecular weight excluding hydrogens is 248 g/mol. The highest BCUT2D eigenvalue weighted by Crippen LogP contribution is 2.26. The quantitative estimate of drug-likeness (QED) is 0.627. The number of aromatic nitrogens is 1. The Hall–Kier alpha value is -2.20. The minimum Gasteiger partial charge on any atom is -0.393 e. The van der Waals surface area contributed by atoms with Gasteiger partial charge in [0.05, 0.1) is 11.0 Å². The van der Waals surface area contributed by atoms with Crippen LogP contribution in [-0.4, -0.2) is 27.7 Å². The number of nitrogens with one attached hydrogen (secondary N) is 1. The van der Waals surface area contributed by atoms with E-state index in [1.165, 1.54) is 12.1 Å². The van der Waals surface area contributed by atoms with E-state index in [1.54, 1.807) is 6.07 Å². The van der Waals surface area contributed by atoms with Gasteiger partial charge in [-0.25, -0.2) is 4.98 Å². The average molecular weight is 262 g/mol. The van der Waals surface area contributed by atoms with Gasteiger partial charge in [0.1, 0.15) is 11.9 Å². The third kappa shape index (κ3) is 2.98. The van der Waals surface area contributed by atoms with Gasteiger partial charge in [-0.3, -0.25) is 10.1 Å². The molecule has 0 bridgehead atoms. The zero-order valence-corrected chi connectivity index (χ0v) is 10.2. The van der Waals surface area contributed by atoms with Crippen LogP contribution in [0.4, 0.5) is 11.5 Å². The van der Waals surface area contributed by atoms with Crippen LogP contribution >= 0.6 is 0 Å². The van der Waals surface area contributed by atoms with E-state index in [-0.39, 0.29) is 23.4 Å². The molecule has 7 nitrogen and oxygen atoms in total. The van der Waals surface area contributed by atoms with Crippen molar-refractivity contribution >= 4 is 11.5 Å². The van der Waals surface area contributed by atoms with E-state index in [9.17, 15) is 15.2 Å². The van der Waals surface area contributed by atoms with E-state index in [2.05, 4.69) is 10.3 Å². The number of hydrogen-bond donors (Lipinski definition) is 2. The lowest BCUT2D eigenvalue weighted by Gasteiger charge is -2.15. The summed E-state index contributed by atoms with van der Waals surface area (Å²) in [6.45, 7) is 0.552. The number of anilines is 1. The first kappa shape index (κ1) is 13.2. The van der Waals surface area contributed by atoms with Gasteiger partial charge in [-0.05, 0) is 18.9 Å². The normalized spacial score (nSPS) is 21.9. The molecule has 0 aromatic carbocycles. The van der Waals surface area contributed by atoms with E-state index in [0.717, 1.165) is 19.3 Å². The molecule has 0 saturated heterocycles. The largest absolute Gasteiger partial charge is 0.393 e. The highest BCUT2D eigenvalue weighted by molar-refractivity contribution is 5.50. The third-order valence-electron chi connectivity index (χ3n) is 3.34. The number of rotatable bonds is 4. The van der Waals surface area contributed by atoms with Gasteiger partial charge in [-0.15, -0.1) is 0 Å². The van der Waals surface area contributed by atoms with Gasteiger partial charge in [-0.1, -0.05) is 6.42 Å². The fourth-order valence-electron chi connectivity index (χ4n) is 2.27. The molecular formula is C12H14N4O3. The van der Waals surface area contributed by atoms with Crippen molar-refractivity contribution in [2.24, 2.45) is 5.92 Å². The fourth-order valence-corrected chi connectivity index (χ4v) is 2.27. The Morgan fingerprint density at radius 2 is 2.37 bits per heavy atom. The third-order valence-corrected chi connectivity index (χ3v) is 3.34. The van der Waals surface area contributed by atoms with Crippen LogP contribution < -0.4 is 5.32 Å². The van der Waals surface area contributed by atoms with E-state index in [0.29, 0.717) is 12.4 Å².